The van der Waals surface area contributed by atoms with Gasteiger partial charge in [-0.15, -0.1) is 0 Å². The molecule has 3 heterocycles. The molecule has 1 saturated heterocycles. The molecule has 1 fully saturated rings. The summed E-state index contributed by atoms with van der Waals surface area (Å²) in [6.45, 7) is 2.16. The van der Waals surface area contributed by atoms with E-state index < -0.39 is 0 Å². The van der Waals surface area contributed by atoms with Crippen LogP contribution in [0.15, 0.2) is 54.7 Å². The van der Waals surface area contributed by atoms with Crippen LogP contribution in [0.2, 0.25) is 0 Å². The van der Waals surface area contributed by atoms with E-state index in [-0.39, 0.29) is 18.6 Å². The smallest absolute Gasteiger partial charge is 0.261 e. The minimum atomic E-state index is -0.0191. The number of methoxy groups -OCH3 is 1. The van der Waals surface area contributed by atoms with Gasteiger partial charge in [-0.25, -0.2) is 4.98 Å². The molecule has 0 radical (unpaired) electrons. The highest BCUT2D eigenvalue weighted by Crippen LogP contribution is 2.33. The van der Waals surface area contributed by atoms with E-state index in [2.05, 4.69) is 21.3 Å². The molecule has 4 aromatic rings. The minimum absolute atomic E-state index is 0.00428. The number of carbonyl (C=O) groups is 1. The number of hydrogen-bond donors (Lipinski definition) is 0. The number of aromatic nitrogens is 3. The van der Waals surface area contributed by atoms with Crippen LogP contribution in [-0.2, 0) is 23.1 Å². The second kappa shape index (κ2) is 8.67. The van der Waals surface area contributed by atoms with E-state index in [0.717, 1.165) is 59.4 Å². The van der Waals surface area contributed by atoms with Gasteiger partial charge in [-0.3, -0.25) is 4.79 Å². The Hall–Kier alpha value is -3.32. The fraction of sp³-hybridized carbons (Fsp3) is 0.360. The molecule has 1 aliphatic heterocycles. The number of imidazole rings is 1. The van der Waals surface area contributed by atoms with Crippen LogP contribution in [0.25, 0.3) is 21.9 Å². The highest BCUT2D eigenvalue weighted by atomic mass is 16.5. The van der Waals surface area contributed by atoms with Gasteiger partial charge in [-0.2, -0.15) is 0 Å². The number of fused-ring (bicyclic) bond motifs is 2. The Kier molecular flexibility index (Phi) is 5.57. The molecule has 166 valence electrons. The van der Waals surface area contributed by atoms with Crippen molar-refractivity contribution >= 4 is 27.8 Å². The topological polar surface area (TPSA) is 61.5 Å². The molecule has 2 aromatic heterocycles. The molecule has 1 aliphatic rings. The first-order valence-electron chi connectivity index (χ1n) is 11.1. The summed E-state index contributed by atoms with van der Waals surface area (Å²) in [6.07, 6.45) is 3.92. The average molecular weight is 433 g/mol. The van der Waals surface area contributed by atoms with Gasteiger partial charge in [0.15, 0.2) is 6.61 Å². The van der Waals surface area contributed by atoms with Gasteiger partial charge in [0.25, 0.3) is 5.91 Å². The van der Waals surface area contributed by atoms with Crippen molar-refractivity contribution in [2.24, 2.45) is 7.05 Å². The number of para-hydroxylation sites is 2. The molecule has 5 rings (SSSR count). The predicted molar refractivity (Wildman–Crippen MR) is 124 cm³/mol. The molecule has 0 saturated carbocycles. The second-order valence-corrected chi connectivity index (χ2v) is 8.24. The number of amides is 1. The first-order valence-corrected chi connectivity index (χ1v) is 11.1. The number of aryl methyl sites for hydroxylation is 1. The molecular weight excluding hydrogens is 404 g/mol. The lowest BCUT2D eigenvalue weighted by atomic mass is 10.2. The number of nitrogens with zero attached hydrogens (tertiary/aromatic N) is 4. The number of rotatable bonds is 7. The molecule has 0 bridgehead atoms. The van der Waals surface area contributed by atoms with Crippen molar-refractivity contribution in [3.05, 3.63) is 60.6 Å². The van der Waals surface area contributed by atoms with Crippen molar-refractivity contribution in [1.82, 2.24) is 19.0 Å². The maximum atomic E-state index is 13.2. The molecule has 0 N–H and O–H groups in total. The zero-order chi connectivity index (χ0) is 22.1. The summed E-state index contributed by atoms with van der Waals surface area (Å²) >= 11 is 0. The van der Waals surface area contributed by atoms with Crippen LogP contribution >= 0.6 is 0 Å². The SMILES string of the molecule is COCCn1ccc2c(OCC(=O)N3CCC[C@@H]3c3nc4ccccc4n3C)cccc21. The molecule has 2 aromatic carbocycles. The standard InChI is InChI=1S/C25H28N4O3/c1-27-21-8-4-3-7-19(21)26-25(27)22-10-6-13-29(22)24(30)17-32-23-11-5-9-20-18(23)12-14-28(20)15-16-31-2/h3-5,7-9,11-12,14,22H,6,10,13,15-17H2,1-2H3/t22-/m1/s1. The van der Waals surface area contributed by atoms with E-state index in [1.165, 1.54) is 0 Å². The van der Waals surface area contributed by atoms with Crippen LogP contribution in [0.4, 0.5) is 0 Å². The van der Waals surface area contributed by atoms with Crippen LogP contribution in [0.5, 0.6) is 5.75 Å². The van der Waals surface area contributed by atoms with E-state index in [1.54, 1.807) is 7.11 Å². The summed E-state index contributed by atoms with van der Waals surface area (Å²) in [4.78, 5) is 19.9. The molecule has 0 unspecified atom stereocenters. The Morgan fingerprint density at radius 3 is 2.81 bits per heavy atom. The van der Waals surface area contributed by atoms with E-state index in [0.29, 0.717) is 6.61 Å². The lowest BCUT2D eigenvalue weighted by molar-refractivity contribution is -0.134. The third kappa shape index (κ3) is 3.62. The monoisotopic (exact) mass is 432 g/mol. The van der Waals surface area contributed by atoms with Gasteiger partial charge in [0.2, 0.25) is 0 Å². The summed E-state index contributed by atoms with van der Waals surface area (Å²) in [5.74, 6) is 1.66. The van der Waals surface area contributed by atoms with Crippen LogP contribution in [0.3, 0.4) is 0 Å². The molecular formula is C25H28N4O3. The Morgan fingerprint density at radius 1 is 1.12 bits per heavy atom. The van der Waals surface area contributed by atoms with Crippen molar-refractivity contribution in [3.8, 4) is 5.75 Å². The van der Waals surface area contributed by atoms with Gasteiger partial charge < -0.3 is 23.5 Å². The van der Waals surface area contributed by atoms with Gasteiger partial charge in [-0.1, -0.05) is 18.2 Å². The van der Waals surface area contributed by atoms with Gasteiger partial charge in [0, 0.05) is 38.8 Å². The van der Waals surface area contributed by atoms with Crippen molar-refractivity contribution in [1.29, 1.82) is 0 Å². The molecule has 1 amide bonds. The molecule has 0 spiro atoms. The number of carbonyl (C=O) groups excluding carboxylic acids is 1. The van der Waals surface area contributed by atoms with Crippen molar-refractivity contribution < 1.29 is 14.3 Å². The fourth-order valence-corrected chi connectivity index (χ4v) is 4.72. The molecule has 1 atom stereocenters. The molecule has 32 heavy (non-hydrogen) atoms. The molecule has 7 nitrogen and oxygen atoms in total. The van der Waals surface area contributed by atoms with Gasteiger partial charge >= 0.3 is 0 Å². The van der Waals surface area contributed by atoms with E-state index in [9.17, 15) is 4.79 Å². The normalized spacial score (nSPS) is 16.3. The van der Waals surface area contributed by atoms with E-state index in [4.69, 9.17) is 14.5 Å². The zero-order valence-corrected chi connectivity index (χ0v) is 18.5. The zero-order valence-electron chi connectivity index (χ0n) is 18.5. The number of hydrogen-bond acceptors (Lipinski definition) is 4. The van der Waals surface area contributed by atoms with Gasteiger partial charge in [0.05, 0.1) is 29.2 Å². The Bertz CT molecular complexity index is 1260. The quantitative estimate of drug-likeness (QED) is 0.444. The highest BCUT2D eigenvalue weighted by molar-refractivity contribution is 5.87. The largest absolute Gasteiger partial charge is 0.483 e. The van der Waals surface area contributed by atoms with E-state index in [1.807, 2.05) is 54.5 Å². The van der Waals surface area contributed by atoms with Crippen molar-refractivity contribution in [2.45, 2.75) is 25.4 Å². The Labute approximate surface area is 187 Å². The minimum Gasteiger partial charge on any atom is -0.483 e. The third-order valence-corrected chi connectivity index (χ3v) is 6.35. The fourth-order valence-electron chi connectivity index (χ4n) is 4.72. The molecule has 0 aliphatic carbocycles. The van der Waals surface area contributed by atoms with Crippen LogP contribution < -0.4 is 4.74 Å². The van der Waals surface area contributed by atoms with Crippen molar-refractivity contribution in [2.75, 3.05) is 26.9 Å². The predicted octanol–water partition coefficient (Wildman–Crippen LogP) is 3.92. The van der Waals surface area contributed by atoms with Crippen LogP contribution in [-0.4, -0.2) is 51.8 Å². The summed E-state index contributed by atoms with van der Waals surface area (Å²) in [5.41, 5.74) is 3.12. The lowest BCUT2D eigenvalue weighted by Gasteiger charge is -2.24. The second-order valence-electron chi connectivity index (χ2n) is 8.24. The van der Waals surface area contributed by atoms with E-state index >= 15 is 0 Å². The summed E-state index contributed by atoms with van der Waals surface area (Å²) in [7, 11) is 3.72. The summed E-state index contributed by atoms with van der Waals surface area (Å²) < 4.78 is 15.5. The Morgan fingerprint density at radius 2 is 1.97 bits per heavy atom. The average Bonchev–Trinajstić information content (AvgIpc) is 3.54. The maximum absolute atomic E-state index is 13.2. The van der Waals surface area contributed by atoms with Gasteiger partial charge in [-0.05, 0) is 43.2 Å². The summed E-state index contributed by atoms with van der Waals surface area (Å²) in [5, 5.41) is 1.00. The first kappa shape index (κ1) is 20.6. The number of ether oxygens (including phenoxy) is 2. The number of benzene rings is 2. The van der Waals surface area contributed by atoms with Crippen LogP contribution in [0.1, 0.15) is 24.7 Å². The molecule has 7 heteroatoms. The first-order chi connectivity index (χ1) is 15.7. The van der Waals surface area contributed by atoms with Gasteiger partial charge in [0.1, 0.15) is 11.6 Å². The van der Waals surface area contributed by atoms with Crippen LogP contribution in [0, 0.1) is 0 Å². The lowest BCUT2D eigenvalue weighted by Crippen LogP contribution is -2.35. The highest BCUT2D eigenvalue weighted by Gasteiger charge is 2.33. The number of likely N-dealkylation sites (tertiary alicyclic amines) is 1. The van der Waals surface area contributed by atoms with Crippen molar-refractivity contribution in [3.63, 3.8) is 0 Å². The maximum Gasteiger partial charge on any atom is 0.261 e. The Balaban J connectivity index is 1.32. The third-order valence-electron chi connectivity index (χ3n) is 6.35. The summed E-state index contributed by atoms with van der Waals surface area (Å²) in [6, 6.07) is 16.0.